The normalized spacial score (nSPS) is 11.7. The van der Waals surface area contributed by atoms with Crippen molar-refractivity contribution in [2.24, 2.45) is 0 Å². The molecule has 0 aliphatic carbocycles. The molecule has 4 aromatic rings. The van der Waals surface area contributed by atoms with Crippen LogP contribution in [0.1, 0.15) is 23.6 Å². The van der Waals surface area contributed by atoms with Crippen LogP contribution in [0.15, 0.2) is 95.9 Å². The third-order valence-electron chi connectivity index (χ3n) is 7.86. The SMILES string of the molecule is CCNC(=O)[C@H](Cc1ccccc1)N(Cc1ccccc1C)C(=O)CN(c1cc(Cl)ccc1OC)S(=O)(=O)c1ccc(OC)c(OC)c1. The van der Waals surface area contributed by atoms with Crippen LogP contribution in [0.5, 0.6) is 17.2 Å². The molecular formula is C36H40ClN3O7S. The van der Waals surface area contributed by atoms with Gasteiger partial charge in [-0.2, -0.15) is 0 Å². The second-order valence-electron chi connectivity index (χ2n) is 10.9. The molecule has 12 heteroatoms. The second kappa shape index (κ2) is 16.4. The lowest BCUT2D eigenvalue weighted by atomic mass is 10.0. The van der Waals surface area contributed by atoms with Gasteiger partial charge in [-0.1, -0.05) is 66.2 Å². The maximum Gasteiger partial charge on any atom is 0.265 e. The monoisotopic (exact) mass is 693 g/mol. The number of rotatable bonds is 15. The molecule has 0 radical (unpaired) electrons. The molecule has 0 bridgehead atoms. The predicted molar refractivity (Wildman–Crippen MR) is 186 cm³/mol. The number of halogens is 1. The molecule has 10 nitrogen and oxygen atoms in total. The Balaban J connectivity index is 1.88. The topological polar surface area (TPSA) is 114 Å². The summed E-state index contributed by atoms with van der Waals surface area (Å²) in [4.78, 5) is 29.7. The largest absolute Gasteiger partial charge is 0.495 e. The number of benzene rings is 4. The third kappa shape index (κ3) is 8.39. The van der Waals surface area contributed by atoms with Crippen LogP contribution in [-0.2, 0) is 32.6 Å². The number of hydrogen-bond donors (Lipinski definition) is 1. The fraction of sp³-hybridized carbons (Fsp3) is 0.278. The second-order valence-corrected chi connectivity index (χ2v) is 13.2. The summed E-state index contributed by atoms with van der Waals surface area (Å²) in [6, 6.07) is 24.6. The molecule has 254 valence electrons. The molecule has 48 heavy (non-hydrogen) atoms. The van der Waals surface area contributed by atoms with Crippen molar-refractivity contribution in [1.29, 1.82) is 0 Å². The number of hydrogen-bond acceptors (Lipinski definition) is 7. The van der Waals surface area contributed by atoms with Gasteiger partial charge in [0.25, 0.3) is 10.0 Å². The molecule has 0 unspecified atom stereocenters. The van der Waals surface area contributed by atoms with Gasteiger partial charge < -0.3 is 24.4 Å². The Morgan fingerprint density at radius 3 is 2.12 bits per heavy atom. The number of likely N-dealkylation sites (N-methyl/N-ethyl adjacent to an activating group) is 1. The summed E-state index contributed by atoms with van der Waals surface area (Å²) in [5.41, 5.74) is 2.60. The number of carbonyl (C=O) groups is 2. The maximum atomic E-state index is 14.7. The van der Waals surface area contributed by atoms with Crippen molar-refractivity contribution in [2.75, 3.05) is 38.7 Å². The van der Waals surface area contributed by atoms with Crippen LogP contribution in [0.4, 0.5) is 5.69 Å². The average molecular weight is 694 g/mol. The van der Waals surface area contributed by atoms with E-state index >= 15 is 0 Å². The fourth-order valence-corrected chi connectivity index (χ4v) is 6.89. The van der Waals surface area contributed by atoms with Crippen LogP contribution in [0.2, 0.25) is 5.02 Å². The minimum absolute atomic E-state index is 0.0431. The number of anilines is 1. The number of carbonyl (C=O) groups excluding carboxylic acids is 2. The highest BCUT2D eigenvalue weighted by Crippen LogP contribution is 2.37. The fourth-order valence-electron chi connectivity index (χ4n) is 5.29. The van der Waals surface area contributed by atoms with Gasteiger partial charge in [0.15, 0.2) is 11.5 Å². The van der Waals surface area contributed by atoms with E-state index in [0.29, 0.717) is 12.3 Å². The van der Waals surface area contributed by atoms with Crippen LogP contribution < -0.4 is 23.8 Å². The van der Waals surface area contributed by atoms with Gasteiger partial charge in [-0.15, -0.1) is 0 Å². The van der Waals surface area contributed by atoms with Crippen molar-refractivity contribution in [3.8, 4) is 17.2 Å². The Bertz CT molecular complexity index is 1840. The molecule has 0 aromatic heterocycles. The molecule has 0 fully saturated rings. The van der Waals surface area contributed by atoms with Crippen molar-refractivity contribution in [3.63, 3.8) is 0 Å². The molecule has 0 saturated heterocycles. The van der Waals surface area contributed by atoms with E-state index in [-0.39, 0.29) is 46.0 Å². The van der Waals surface area contributed by atoms with E-state index < -0.39 is 28.5 Å². The van der Waals surface area contributed by atoms with Crippen molar-refractivity contribution in [1.82, 2.24) is 10.2 Å². The number of nitrogens with one attached hydrogen (secondary N) is 1. The molecule has 0 aliphatic heterocycles. The highest BCUT2D eigenvalue weighted by molar-refractivity contribution is 7.92. The standard InChI is InChI=1S/C36H40ClN3O7S/c1-6-38-36(42)31(20-26-13-8-7-9-14-26)39(23-27-15-11-10-12-25(27)2)35(41)24-40(30-21-28(37)16-18-32(30)45-3)48(43,44)29-17-19-33(46-4)34(22-29)47-5/h7-19,21-22,31H,6,20,23-24H2,1-5H3,(H,38,42)/t31-/m0/s1. The average Bonchev–Trinajstić information content (AvgIpc) is 3.09. The first kappa shape index (κ1) is 36.1. The van der Waals surface area contributed by atoms with Gasteiger partial charge in [0.1, 0.15) is 18.3 Å². The third-order valence-corrected chi connectivity index (χ3v) is 9.85. The molecule has 0 spiro atoms. The van der Waals surface area contributed by atoms with E-state index in [0.717, 1.165) is 21.0 Å². The first-order chi connectivity index (χ1) is 23.0. The summed E-state index contributed by atoms with van der Waals surface area (Å²) in [6.07, 6.45) is 0.202. The van der Waals surface area contributed by atoms with Crippen molar-refractivity contribution >= 4 is 39.1 Å². The minimum atomic E-state index is -4.47. The highest BCUT2D eigenvalue weighted by Gasteiger charge is 2.36. The zero-order valence-corrected chi connectivity index (χ0v) is 29.2. The molecule has 1 N–H and O–H groups in total. The molecule has 1 atom stereocenters. The van der Waals surface area contributed by atoms with Crippen LogP contribution in [-0.4, -0.2) is 65.6 Å². The zero-order valence-electron chi connectivity index (χ0n) is 27.6. The van der Waals surface area contributed by atoms with Crippen molar-refractivity contribution in [3.05, 3.63) is 113 Å². The number of sulfonamides is 1. The van der Waals surface area contributed by atoms with Crippen LogP contribution >= 0.6 is 11.6 Å². The lowest BCUT2D eigenvalue weighted by Crippen LogP contribution is -2.53. The summed E-state index contributed by atoms with van der Waals surface area (Å²) >= 11 is 6.38. The van der Waals surface area contributed by atoms with E-state index in [9.17, 15) is 18.0 Å². The van der Waals surface area contributed by atoms with Gasteiger partial charge in [0.05, 0.1) is 31.9 Å². The quantitative estimate of drug-likeness (QED) is 0.171. The molecule has 4 aromatic carbocycles. The number of ether oxygens (including phenoxy) is 3. The van der Waals surface area contributed by atoms with Crippen molar-refractivity contribution < 1.29 is 32.2 Å². The summed E-state index contributed by atoms with van der Waals surface area (Å²) in [5, 5.41) is 3.09. The first-order valence-electron chi connectivity index (χ1n) is 15.3. The number of amides is 2. The molecule has 0 saturated carbocycles. The van der Waals surface area contributed by atoms with Gasteiger partial charge in [-0.05, 0) is 60.9 Å². The van der Waals surface area contributed by atoms with Gasteiger partial charge in [-0.25, -0.2) is 8.42 Å². The zero-order chi connectivity index (χ0) is 34.8. The van der Waals surface area contributed by atoms with Crippen LogP contribution in [0, 0.1) is 6.92 Å². The van der Waals surface area contributed by atoms with E-state index in [1.54, 1.807) is 13.0 Å². The lowest BCUT2D eigenvalue weighted by Gasteiger charge is -2.34. The smallest absolute Gasteiger partial charge is 0.265 e. The Morgan fingerprint density at radius 2 is 1.48 bits per heavy atom. The first-order valence-corrected chi connectivity index (χ1v) is 17.1. The molecule has 0 heterocycles. The number of aryl methyl sites for hydroxylation is 1. The van der Waals surface area contributed by atoms with E-state index in [4.69, 9.17) is 25.8 Å². The van der Waals surface area contributed by atoms with E-state index in [2.05, 4.69) is 5.32 Å². The van der Waals surface area contributed by atoms with Crippen LogP contribution in [0.25, 0.3) is 0 Å². The molecule has 0 aliphatic rings. The minimum Gasteiger partial charge on any atom is -0.495 e. The lowest BCUT2D eigenvalue weighted by molar-refractivity contribution is -0.140. The Morgan fingerprint density at radius 1 is 0.833 bits per heavy atom. The summed E-state index contributed by atoms with van der Waals surface area (Å²) in [5.74, 6) is -0.293. The highest BCUT2D eigenvalue weighted by atomic mass is 35.5. The van der Waals surface area contributed by atoms with Crippen molar-refractivity contribution in [2.45, 2.75) is 37.8 Å². The number of nitrogens with zero attached hydrogens (tertiary/aromatic N) is 2. The van der Waals surface area contributed by atoms with Gasteiger partial charge in [0, 0.05) is 30.6 Å². The summed E-state index contributed by atoms with van der Waals surface area (Å²) in [7, 11) is -0.243. The summed E-state index contributed by atoms with van der Waals surface area (Å²) < 4.78 is 46.2. The Hall–Kier alpha value is -4.74. The van der Waals surface area contributed by atoms with Crippen LogP contribution in [0.3, 0.4) is 0 Å². The van der Waals surface area contributed by atoms with E-state index in [1.165, 1.54) is 56.6 Å². The maximum absolute atomic E-state index is 14.7. The molecule has 4 rings (SSSR count). The summed E-state index contributed by atoms with van der Waals surface area (Å²) in [6.45, 7) is 3.44. The van der Waals surface area contributed by atoms with Gasteiger partial charge in [-0.3, -0.25) is 13.9 Å². The Labute approximate surface area is 287 Å². The number of methoxy groups -OCH3 is 3. The van der Waals surface area contributed by atoms with Gasteiger partial charge >= 0.3 is 0 Å². The predicted octanol–water partition coefficient (Wildman–Crippen LogP) is 5.65. The molecular weight excluding hydrogens is 654 g/mol. The molecule has 2 amide bonds. The van der Waals surface area contributed by atoms with Gasteiger partial charge in [0.2, 0.25) is 11.8 Å². The van der Waals surface area contributed by atoms with E-state index in [1.807, 2.05) is 61.5 Å². The Kier molecular flexibility index (Phi) is 12.3.